The molecule has 426 valence electrons. The van der Waals surface area contributed by atoms with Gasteiger partial charge in [0, 0.05) is 19.3 Å². The summed E-state index contributed by atoms with van der Waals surface area (Å²) in [6, 6.07) is 0. The van der Waals surface area contributed by atoms with Crippen molar-refractivity contribution in [2.24, 2.45) is 0 Å². The van der Waals surface area contributed by atoms with Gasteiger partial charge in [0.15, 0.2) is 6.10 Å². The van der Waals surface area contributed by atoms with Gasteiger partial charge >= 0.3 is 17.9 Å². The van der Waals surface area contributed by atoms with Crippen molar-refractivity contribution >= 4 is 17.9 Å². The normalized spacial score (nSPS) is 12.3. The number of esters is 3. The molecular weight excluding hydrogens is 901 g/mol. The summed E-state index contributed by atoms with van der Waals surface area (Å²) in [6.45, 7) is 6.56. The fourth-order valence-corrected chi connectivity index (χ4v) is 9.51. The molecule has 0 aliphatic carbocycles. The largest absolute Gasteiger partial charge is 0.462 e. The zero-order valence-electron chi connectivity index (χ0n) is 48.9. The molecule has 0 amide bonds. The molecule has 0 saturated carbocycles. The summed E-state index contributed by atoms with van der Waals surface area (Å²) in [5.41, 5.74) is 0. The van der Waals surface area contributed by atoms with E-state index in [1.54, 1.807) is 0 Å². The van der Waals surface area contributed by atoms with Crippen LogP contribution in [-0.4, -0.2) is 37.2 Å². The minimum absolute atomic E-state index is 0.0761. The average Bonchev–Trinajstić information content (AvgIpc) is 3.39. The summed E-state index contributed by atoms with van der Waals surface area (Å²) in [6.07, 6.45) is 77.0. The average molecular weight is 1020 g/mol. The molecular formula is C67H122O6. The predicted octanol–water partition coefficient (Wildman–Crippen LogP) is 21.8. The maximum atomic E-state index is 12.9. The number of unbranched alkanes of at least 4 members (excludes halogenated alkanes) is 40. The monoisotopic (exact) mass is 1020 g/mol. The molecule has 0 rings (SSSR count). The molecule has 1 unspecified atom stereocenters. The van der Waals surface area contributed by atoms with Gasteiger partial charge in [-0.05, 0) is 77.0 Å². The van der Waals surface area contributed by atoms with Gasteiger partial charge in [0.25, 0.3) is 0 Å². The first kappa shape index (κ1) is 70.4. The van der Waals surface area contributed by atoms with Gasteiger partial charge in [-0.3, -0.25) is 14.4 Å². The number of ether oxygens (including phenoxy) is 3. The highest BCUT2D eigenvalue weighted by Gasteiger charge is 2.19. The molecule has 0 spiro atoms. The Morgan fingerprint density at radius 3 is 0.849 bits per heavy atom. The zero-order valence-corrected chi connectivity index (χ0v) is 48.9. The van der Waals surface area contributed by atoms with Crippen molar-refractivity contribution in [3.63, 3.8) is 0 Å². The van der Waals surface area contributed by atoms with Crippen LogP contribution in [0.1, 0.15) is 342 Å². The van der Waals surface area contributed by atoms with Gasteiger partial charge in [0.1, 0.15) is 13.2 Å². The number of carbonyl (C=O) groups excluding carboxylic acids is 3. The predicted molar refractivity (Wildman–Crippen MR) is 316 cm³/mol. The molecule has 73 heavy (non-hydrogen) atoms. The van der Waals surface area contributed by atoms with E-state index in [0.717, 1.165) is 96.3 Å². The third-order valence-electron chi connectivity index (χ3n) is 14.3. The second-order valence-electron chi connectivity index (χ2n) is 21.6. The van der Waals surface area contributed by atoms with Crippen LogP contribution >= 0.6 is 0 Å². The standard InChI is InChI=1S/C67H122O6/c1-4-7-10-13-16-19-22-25-27-28-29-30-31-32-33-34-35-36-37-38-40-42-45-48-51-54-57-60-66(69)72-63-64(62-71-65(68)59-56-53-50-47-44-41-24-21-18-15-12-9-6-3)73-67(70)61-58-55-52-49-46-43-39-26-23-20-17-14-11-8-5-2/h8,11,17,20,26,28-29,39,64H,4-7,9-10,12-16,18-19,21-25,27,30-38,40-63H2,1-3H3/b11-8-,20-17-,29-28-,39-26-. The summed E-state index contributed by atoms with van der Waals surface area (Å²) >= 11 is 0. The van der Waals surface area contributed by atoms with Crippen LogP contribution in [0.5, 0.6) is 0 Å². The fraction of sp³-hybridized carbons (Fsp3) is 0.836. The smallest absolute Gasteiger partial charge is 0.306 e. The number of hydrogen-bond donors (Lipinski definition) is 0. The zero-order chi connectivity index (χ0) is 52.9. The number of carbonyl (C=O) groups is 3. The van der Waals surface area contributed by atoms with E-state index in [1.165, 1.54) is 205 Å². The van der Waals surface area contributed by atoms with Crippen LogP contribution in [0.25, 0.3) is 0 Å². The number of hydrogen-bond acceptors (Lipinski definition) is 6. The van der Waals surface area contributed by atoms with E-state index in [4.69, 9.17) is 14.2 Å². The first-order chi connectivity index (χ1) is 36.0. The summed E-state index contributed by atoms with van der Waals surface area (Å²) in [4.78, 5) is 38.2. The lowest BCUT2D eigenvalue weighted by atomic mass is 10.0. The molecule has 0 saturated heterocycles. The molecule has 0 aromatic rings. The number of allylic oxidation sites excluding steroid dienone is 8. The molecule has 0 aromatic heterocycles. The van der Waals surface area contributed by atoms with E-state index in [-0.39, 0.29) is 31.1 Å². The number of rotatable bonds is 59. The molecule has 0 aliphatic heterocycles. The fourth-order valence-electron chi connectivity index (χ4n) is 9.51. The molecule has 0 aliphatic rings. The third-order valence-corrected chi connectivity index (χ3v) is 14.3. The quantitative estimate of drug-likeness (QED) is 0.0261. The van der Waals surface area contributed by atoms with E-state index in [9.17, 15) is 14.4 Å². The van der Waals surface area contributed by atoms with Crippen LogP contribution in [0.3, 0.4) is 0 Å². The minimum atomic E-state index is -0.780. The highest BCUT2D eigenvalue weighted by Crippen LogP contribution is 2.17. The second-order valence-corrected chi connectivity index (χ2v) is 21.6. The van der Waals surface area contributed by atoms with Crippen molar-refractivity contribution in [1.29, 1.82) is 0 Å². The van der Waals surface area contributed by atoms with Crippen molar-refractivity contribution in [2.45, 2.75) is 348 Å². The Morgan fingerprint density at radius 1 is 0.288 bits per heavy atom. The first-order valence-electron chi connectivity index (χ1n) is 32.1. The Hall–Kier alpha value is -2.63. The molecule has 0 radical (unpaired) electrons. The van der Waals surface area contributed by atoms with Crippen molar-refractivity contribution in [1.82, 2.24) is 0 Å². The van der Waals surface area contributed by atoms with Crippen LogP contribution in [0.15, 0.2) is 48.6 Å². The van der Waals surface area contributed by atoms with Crippen LogP contribution < -0.4 is 0 Å². The Labute approximate surface area is 454 Å². The van der Waals surface area contributed by atoms with Crippen molar-refractivity contribution in [3.8, 4) is 0 Å². The molecule has 6 heteroatoms. The van der Waals surface area contributed by atoms with Crippen LogP contribution in [0.4, 0.5) is 0 Å². The Morgan fingerprint density at radius 2 is 0.534 bits per heavy atom. The summed E-state index contributed by atoms with van der Waals surface area (Å²) in [5, 5.41) is 0. The maximum Gasteiger partial charge on any atom is 0.306 e. The van der Waals surface area contributed by atoms with E-state index in [0.29, 0.717) is 19.3 Å². The van der Waals surface area contributed by atoms with E-state index < -0.39 is 6.10 Å². The highest BCUT2D eigenvalue weighted by molar-refractivity contribution is 5.71. The molecule has 0 heterocycles. The van der Waals surface area contributed by atoms with Crippen molar-refractivity contribution in [2.75, 3.05) is 13.2 Å². The topological polar surface area (TPSA) is 78.9 Å². The van der Waals surface area contributed by atoms with Gasteiger partial charge in [0.05, 0.1) is 0 Å². The van der Waals surface area contributed by atoms with E-state index in [1.807, 2.05) is 0 Å². The lowest BCUT2D eigenvalue weighted by Gasteiger charge is -2.18. The molecule has 0 N–H and O–H groups in total. The van der Waals surface area contributed by atoms with Crippen LogP contribution in [0.2, 0.25) is 0 Å². The summed E-state index contributed by atoms with van der Waals surface area (Å²) in [5.74, 6) is -0.874. The van der Waals surface area contributed by atoms with Gasteiger partial charge in [-0.25, -0.2) is 0 Å². The first-order valence-corrected chi connectivity index (χ1v) is 32.1. The van der Waals surface area contributed by atoms with Crippen molar-refractivity contribution < 1.29 is 28.6 Å². The SMILES string of the molecule is CC/C=C\C/C=C\C/C=C\CCCCCCCC(=O)OC(COC(=O)CCCCCCCCCCCCCCC)COC(=O)CCCCCCCCCCCCCCCCC/C=C\CCCCCCCCCC. The van der Waals surface area contributed by atoms with Gasteiger partial charge in [-0.15, -0.1) is 0 Å². The van der Waals surface area contributed by atoms with Gasteiger partial charge in [0.2, 0.25) is 0 Å². The molecule has 0 bridgehead atoms. The molecule has 0 aromatic carbocycles. The Balaban J connectivity index is 4.20. The lowest BCUT2D eigenvalue weighted by Crippen LogP contribution is -2.30. The van der Waals surface area contributed by atoms with Gasteiger partial charge < -0.3 is 14.2 Å². The highest BCUT2D eigenvalue weighted by atomic mass is 16.6. The molecule has 1 atom stereocenters. The van der Waals surface area contributed by atoms with E-state index in [2.05, 4.69) is 69.4 Å². The van der Waals surface area contributed by atoms with Crippen LogP contribution in [0, 0.1) is 0 Å². The Kier molecular flexibility index (Phi) is 59.7. The lowest BCUT2D eigenvalue weighted by molar-refractivity contribution is -0.167. The van der Waals surface area contributed by atoms with E-state index >= 15 is 0 Å². The summed E-state index contributed by atoms with van der Waals surface area (Å²) in [7, 11) is 0. The Bertz CT molecular complexity index is 1270. The third kappa shape index (κ3) is 60.1. The minimum Gasteiger partial charge on any atom is -0.462 e. The molecule has 0 fully saturated rings. The second kappa shape index (κ2) is 61.9. The van der Waals surface area contributed by atoms with Gasteiger partial charge in [-0.1, -0.05) is 294 Å². The van der Waals surface area contributed by atoms with Crippen LogP contribution in [-0.2, 0) is 28.6 Å². The summed E-state index contributed by atoms with van der Waals surface area (Å²) < 4.78 is 16.9. The molecule has 6 nitrogen and oxygen atoms in total. The van der Waals surface area contributed by atoms with Gasteiger partial charge in [-0.2, -0.15) is 0 Å². The maximum absolute atomic E-state index is 12.9. The van der Waals surface area contributed by atoms with Crippen molar-refractivity contribution in [3.05, 3.63) is 48.6 Å².